The lowest BCUT2D eigenvalue weighted by molar-refractivity contribution is -0.111. The number of benzene rings is 1. The molecule has 0 aliphatic carbocycles. The molecule has 5 nitrogen and oxygen atoms in total. The summed E-state index contributed by atoms with van der Waals surface area (Å²) < 4.78 is 5.11. The number of hydrogen-bond donors (Lipinski definition) is 1. The fourth-order valence-corrected chi connectivity index (χ4v) is 2.27. The second-order valence-electron chi connectivity index (χ2n) is 4.63. The van der Waals surface area contributed by atoms with Crippen molar-refractivity contribution in [1.82, 2.24) is 4.90 Å². The topological polar surface area (TPSA) is 62.6 Å². The van der Waals surface area contributed by atoms with Gasteiger partial charge in [-0.3, -0.25) is 9.59 Å². The largest absolute Gasteiger partial charge is 0.465 e. The summed E-state index contributed by atoms with van der Waals surface area (Å²) in [6.45, 7) is 0. The Kier molecular flexibility index (Phi) is 5.43. The molecule has 2 rings (SSSR count). The SMILES string of the molecule is CN(C)C(=O)Sc1cccc(NC(=O)/C=C/c2ccco2)c1. The minimum atomic E-state index is -0.266. The standard InChI is InChI=1S/C16H16N2O3S/c1-18(2)16(20)22-14-7-3-5-12(11-14)17-15(19)9-8-13-6-4-10-21-13/h3-11H,1-2H3,(H,17,19)/b9-8+. The summed E-state index contributed by atoms with van der Waals surface area (Å²) in [7, 11) is 3.39. The number of anilines is 1. The van der Waals surface area contributed by atoms with Gasteiger partial charge in [0.15, 0.2) is 0 Å². The molecule has 0 radical (unpaired) electrons. The predicted molar refractivity (Wildman–Crippen MR) is 87.8 cm³/mol. The predicted octanol–water partition coefficient (Wildman–Crippen LogP) is 3.71. The number of furan rings is 1. The van der Waals surface area contributed by atoms with Gasteiger partial charge in [0.05, 0.1) is 6.26 Å². The Bertz CT molecular complexity index is 678. The maximum Gasteiger partial charge on any atom is 0.285 e. The van der Waals surface area contributed by atoms with Crippen LogP contribution in [0.25, 0.3) is 6.08 Å². The van der Waals surface area contributed by atoms with Crippen LogP contribution in [-0.4, -0.2) is 30.1 Å². The van der Waals surface area contributed by atoms with Gasteiger partial charge in [-0.25, -0.2) is 0 Å². The monoisotopic (exact) mass is 316 g/mol. The second-order valence-corrected chi connectivity index (χ2v) is 5.65. The van der Waals surface area contributed by atoms with Crippen molar-refractivity contribution in [3.05, 3.63) is 54.5 Å². The molecule has 22 heavy (non-hydrogen) atoms. The van der Waals surface area contributed by atoms with E-state index in [1.54, 1.807) is 56.8 Å². The molecular weight excluding hydrogens is 300 g/mol. The minimum Gasteiger partial charge on any atom is -0.465 e. The van der Waals surface area contributed by atoms with Crippen LogP contribution in [-0.2, 0) is 4.79 Å². The van der Waals surface area contributed by atoms with Gasteiger partial charge in [-0.15, -0.1) is 0 Å². The Hall–Kier alpha value is -2.47. The normalized spacial score (nSPS) is 10.6. The van der Waals surface area contributed by atoms with Crippen molar-refractivity contribution in [2.24, 2.45) is 0 Å². The maximum atomic E-state index is 11.8. The lowest BCUT2D eigenvalue weighted by Gasteiger charge is -2.10. The smallest absolute Gasteiger partial charge is 0.285 e. The van der Waals surface area contributed by atoms with Gasteiger partial charge in [0.25, 0.3) is 5.24 Å². The van der Waals surface area contributed by atoms with Crippen LogP contribution in [0.3, 0.4) is 0 Å². The first-order chi connectivity index (χ1) is 10.5. The Morgan fingerprint density at radius 2 is 2.05 bits per heavy atom. The van der Waals surface area contributed by atoms with Gasteiger partial charge in [0.1, 0.15) is 5.76 Å². The first-order valence-corrected chi connectivity index (χ1v) is 7.38. The Labute approximate surface area is 133 Å². The molecule has 1 aromatic carbocycles. The molecule has 2 aromatic rings. The van der Waals surface area contributed by atoms with Gasteiger partial charge in [0.2, 0.25) is 5.91 Å². The number of rotatable bonds is 4. The van der Waals surface area contributed by atoms with Crippen molar-refractivity contribution < 1.29 is 14.0 Å². The molecule has 0 aliphatic rings. The van der Waals surface area contributed by atoms with E-state index in [9.17, 15) is 9.59 Å². The molecule has 0 saturated heterocycles. The van der Waals surface area contributed by atoms with Crippen molar-refractivity contribution >= 4 is 34.7 Å². The zero-order valence-corrected chi connectivity index (χ0v) is 13.1. The van der Waals surface area contributed by atoms with Crippen LogP contribution in [0, 0.1) is 0 Å². The fraction of sp³-hybridized carbons (Fsp3) is 0.125. The number of carbonyl (C=O) groups excluding carboxylic acids is 2. The second kappa shape index (κ2) is 7.51. The fourth-order valence-electron chi connectivity index (χ4n) is 1.56. The number of nitrogens with one attached hydrogen (secondary N) is 1. The third-order valence-corrected chi connectivity index (χ3v) is 3.64. The van der Waals surface area contributed by atoms with E-state index in [0.717, 1.165) is 16.7 Å². The van der Waals surface area contributed by atoms with Crippen LogP contribution in [0.4, 0.5) is 10.5 Å². The molecule has 0 unspecified atom stereocenters. The van der Waals surface area contributed by atoms with E-state index >= 15 is 0 Å². The van der Waals surface area contributed by atoms with Crippen LogP contribution in [0.2, 0.25) is 0 Å². The van der Waals surface area contributed by atoms with Crippen LogP contribution < -0.4 is 5.32 Å². The number of thioether (sulfide) groups is 1. The number of amides is 2. The molecule has 0 spiro atoms. The van der Waals surface area contributed by atoms with Crippen molar-refractivity contribution in [2.45, 2.75) is 4.90 Å². The maximum absolute atomic E-state index is 11.8. The van der Waals surface area contributed by atoms with Crippen molar-refractivity contribution in [3.8, 4) is 0 Å². The highest BCUT2D eigenvalue weighted by Gasteiger charge is 2.07. The highest BCUT2D eigenvalue weighted by molar-refractivity contribution is 8.13. The zero-order chi connectivity index (χ0) is 15.9. The lowest BCUT2D eigenvalue weighted by Crippen LogP contribution is -2.16. The summed E-state index contributed by atoms with van der Waals surface area (Å²) in [5.41, 5.74) is 0.630. The van der Waals surface area contributed by atoms with Crippen molar-refractivity contribution in [2.75, 3.05) is 19.4 Å². The van der Waals surface area contributed by atoms with E-state index in [2.05, 4.69) is 5.32 Å². The summed E-state index contributed by atoms with van der Waals surface area (Å²) in [6.07, 6.45) is 4.52. The van der Waals surface area contributed by atoms with Gasteiger partial charge in [-0.1, -0.05) is 6.07 Å². The van der Waals surface area contributed by atoms with Gasteiger partial charge in [0, 0.05) is 30.8 Å². The van der Waals surface area contributed by atoms with Gasteiger partial charge >= 0.3 is 0 Å². The molecule has 1 N–H and O–H groups in total. The molecule has 0 bridgehead atoms. The summed E-state index contributed by atoms with van der Waals surface area (Å²) in [5.74, 6) is 0.341. The number of carbonyl (C=O) groups is 2. The molecule has 0 fully saturated rings. The van der Waals surface area contributed by atoms with E-state index in [4.69, 9.17) is 4.42 Å². The van der Waals surface area contributed by atoms with Gasteiger partial charge < -0.3 is 14.6 Å². The average Bonchev–Trinajstić information content (AvgIpc) is 2.98. The van der Waals surface area contributed by atoms with Crippen molar-refractivity contribution in [3.63, 3.8) is 0 Å². The molecule has 0 saturated carbocycles. The first-order valence-electron chi connectivity index (χ1n) is 6.56. The first kappa shape index (κ1) is 15.9. The van der Waals surface area contributed by atoms with Crippen LogP contribution in [0.5, 0.6) is 0 Å². The third-order valence-electron chi connectivity index (χ3n) is 2.61. The summed E-state index contributed by atoms with van der Waals surface area (Å²) in [6, 6.07) is 10.6. The molecule has 0 aliphatic heterocycles. The summed E-state index contributed by atoms with van der Waals surface area (Å²) in [5, 5.41) is 2.67. The van der Waals surface area contributed by atoms with E-state index in [1.165, 1.54) is 11.0 Å². The average molecular weight is 316 g/mol. The Morgan fingerprint density at radius 3 is 2.73 bits per heavy atom. The Morgan fingerprint density at radius 1 is 1.23 bits per heavy atom. The number of nitrogens with zero attached hydrogens (tertiary/aromatic N) is 1. The van der Waals surface area contributed by atoms with Gasteiger partial charge in [-0.2, -0.15) is 0 Å². The quantitative estimate of drug-likeness (QED) is 0.690. The van der Waals surface area contributed by atoms with Crippen molar-refractivity contribution in [1.29, 1.82) is 0 Å². The molecule has 0 atom stereocenters. The van der Waals surface area contributed by atoms with E-state index in [1.807, 2.05) is 6.07 Å². The minimum absolute atomic E-state index is 0.0683. The summed E-state index contributed by atoms with van der Waals surface area (Å²) >= 11 is 1.11. The third kappa shape index (κ3) is 4.82. The lowest BCUT2D eigenvalue weighted by atomic mass is 10.3. The molecule has 1 aromatic heterocycles. The van der Waals surface area contributed by atoms with Crippen LogP contribution in [0.15, 0.2) is 58.1 Å². The zero-order valence-electron chi connectivity index (χ0n) is 12.3. The van der Waals surface area contributed by atoms with Gasteiger partial charge in [-0.05, 0) is 48.2 Å². The molecule has 1 heterocycles. The van der Waals surface area contributed by atoms with E-state index < -0.39 is 0 Å². The summed E-state index contributed by atoms with van der Waals surface area (Å²) in [4.78, 5) is 25.8. The number of hydrogen-bond acceptors (Lipinski definition) is 4. The highest BCUT2D eigenvalue weighted by Crippen LogP contribution is 2.23. The molecule has 2 amide bonds. The van der Waals surface area contributed by atoms with E-state index in [-0.39, 0.29) is 11.1 Å². The molecular formula is C16H16N2O3S. The molecule has 114 valence electrons. The highest BCUT2D eigenvalue weighted by atomic mass is 32.2. The van der Waals surface area contributed by atoms with Crippen LogP contribution >= 0.6 is 11.8 Å². The molecule has 6 heteroatoms. The Balaban J connectivity index is 1.98. The van der Waals surface area contributed by atoms with Crippen LogP contribution in [0.1, 0.15) is 5.76 Å². The van der Waals surface area contributed by atoms with E-state index in [0.29, 0.717) is 11.4 Å².